The van der Waals surface area contributed by atoms with Crippen molar-refractivity contribution in [3.05, 3.63) is 35.6 Å². The van der Waals surface area contributed by atoms with Crippen LogP contribution in [0.5, 0.6) is 0 Å². The lowest BCUT2D eigenvalue weighted by Gasteiger charge is -2.08. The van der Waals surface area contributed by atoms with Crippen LogP contribution < -0.4 is 10.6 Å². The number of carbonyl (C=O) groups excluding carboxylic acids is 1. The number of hydrogen-bond donors (Lipinski definition) is 2. The van der Waals surface area contributed by atoms with Crippen LogP contribution >= 0.6 is 12.4 Å². The molecular weight excluding hydrogens is 243 g/mol. The van der Waals surface area contributed by atoms with E-state index in [1.807, 2.05) is 0 Å². The molecule has 1 aliphatic carbocycles. The minimum absolute atomic E-state index is 0. The zero-order valence-corrected chi connectivity index (χ0v) is 9.97. The van der Waals surface area contributed by atoms with Crippen LogP contribution in [0.25, 0.3) is 0 Å². The summed E-state index contributed by atoms with van der Waals surface area (Å²) in [6.45, 7) is 1.93. The van der Waals surface area contributed by atoms with E-state index in [0.29, 0.717) is 11.8 Å². The second-order valence-electron chi connectivity index (χ2n) is 4.47. The van der Waals surface area contributed by atoms with E-state index in [4.69, 9.17) is 0 Å². The zero-order valence-electron chi connectivity index (χ0n) is 9.15. The third kappa shape index (κ3) is 2.15. The van der Waals surface area contributed by atoms with Crippen molar-refractivity contribution in [3.63, 3.8) is 0 Å². The van der Waals surface area contributed by atoms with Gasteiger partial charge >= 0.3 is 0 Å². The summed E-state index contributed by atoms with van der Waals surface area (Å²) in [6, 6.07) is 6.33. The van der Waals surface area contributed by atoms with Gasteiger partial charge < -0.3 is 10.6 Å². The highest BCUT2D eigenvalue weighted by molar-refractivity contribution is 5.94. The topological polar surface area (TPSA) is 41.1 Å². The summed E-state index contributed by atoms with van der Waals surface area (Å²) >= 11 is 0. The van der Waals surface area contributed by atoms with E-state index in [9.17, 15) is 9.18 Å². The number of carbonyl (C=O) groups is 1. The smallest absolute Gasteiger partial charge is 0.254 e. The van der Waals surface area contributed by atoms with Crippen molar-refractivity contribution in [1.82, 2.24) is 10.6 Å². The first-order valence-corrected chi connectivity index (χ1v) is 5.53. The first-order chi connectivity index (χ1) is 7.77. The largest absolute Gasteiger partial charge is 0.349 e. The number of halogens is 2. The summed E-state index contributed by atoms with van der Waals surface area (Å²) in [6.07, 6.45) is 0. The number of nitrogens with one attached hydrogen (secondary N) is 2. The van der Waals surface area contributed by atoms with E-state index in [1.54, 1.807) is 12.1 Å². The Morgan fingerprint density at radius 2 is 1.94 bits per heavy atom. The normalized spacial score (nSPS) is 29.1. The molecule has 0 spiro atoms. The predicted octanol–water partition coefficient (Wildman–Crippen LogP) is 1.20. The molecule has 5 heteroatoms. The van der Waals surface area contributed by atoms with Gasteiger partial charge in [0.1, 0.15) is 5.82 Å². The predicted molar refractivity (Wildman–Crippen MR) is 64.8 cm³/mol. The number of benzene rings is 1. The monoisotopic (exact) mass is 256 g/mol. The Kier molecular flexibility index (Phi) is 3.35. The van der Waals surface area contributed by atoms with E-state index in [0.717, 1.165) is 13.1 Å². The van der Waals surface area contributed by atoms with Gasteiger partial charge in [-0.2, -0.15) is 0 Å². The molecule has 1 saturated heterocycles. The summed E-state index contributed by atoms with van der Waals surface area (Å²) in [7, 11) is 0. The van der Waals surface area contributed by atoms with Crippen molar-refractivity contribution < 1.29 is 9.18 Å². The highest BCUT2D eigenvalue weighted by atomic mass is 35.5. The fraction of sp³-hybridized carbons (Fsp3) is 0.417. The maximum atomic E-state index is 13.3. The fourth-order valence-corrected chi connectivity index (χ4v) is 2.51. The van der Waals surface area contributed by atoms with Crippen LogP contribution in [0.4, 0.5) is 4.39 Å². The van der Waals surface area contributed by atoms with Crippen molar-refractivity contribution in [2.24, 2.45) is 11.8 Å². The van der Waals surface area contributed by atoms with Gasteiger partial charge in [-0.05, 0) is 24.0 Å². The first-order valence-electron chi connectivity index (χ1n) is 5.53. The molecule has 1 aromatic rings. The minimum atomic E-state index is -0.455. The van der Waals surface area contributed by atoms with Gasteiger partial charge in [-0.3, -0.25) is 4.79 Å². The van der Waals surface area contributed by atoms with Crippen LogP contribution in [-0.2, 0) is 0 Å². The first kappa shape index (κ1) is 12.3. The molecule has 1 aromatic carbocycles. The van der Waals surface area contributed by atoms with Gasteiger partial charge in [0.05, 0.1) is 5.56 Å². The molecule has 92 valence electrons. The van der Waals surface area contributed by atoms with Gasteiger partial charge in [0, 0.05) is 19.1 Å². The standard InChI is InChI=1S/C12H13FN2O.ClH/c13-10-4-2-1-3-7(10)12(16)15-11-8-5-14-6-9(8)11;/h1-4,8-9,11,14H,5-6H2,(H,15,16);1H. The number of piperidine rings is 1. The molecule has 2 atom stereocenters. The van der Waals surface area contributed by atoms with Crippen molar-refractivity contribution >= 4 is 18.3 Å². The van der Waals surface area contributed by atoms with Crippen LogP contribution in [0.15, 0.2) is 24.3 Å². The molecule has 1 heterocycles. The SMILES string of the molecule is Cl.O=C(NC1C2CNCC21)c1ccccc1F. The summed E-state index contributed by atoms with van der Waals surface area (Å²) in [5.74, 6) is 0.355. The molecule has 2 N–H and O–H groups in total. The quantitative estimate of drug-likeness (QED) is 0.835. The third-order valence-corrected chi connectivity index (χ3v) is 3.51. The Labute approximate surface area is 105 Å². The van der Waals surface area contributed by atoms with Gasteiger partial charge in [0.15, 0.2) is 0 Å². The van der Waals surface area contributed by atoms with Crippen LogP contribution in [-0.4, -0.2) is 25.0 Å². The Morgan fingerprint density at radius 1 is 1.29 bits per heavy atom. The Morgan fingerprint density at radius 3 is 2.59 bits per heavy atom. The highest BCUT2D eigenvalue weighted by Crippen LogP contribution is 2.41. The number of rotatable bonds is 2. The number of fused-ring (bicyclic) bond motifs is 1. The molecule has 3 rings (SSSR count). The molecule has 2 fully saturated rings. The van der Waals surface area contributed by atoms with Gasteiger partial charge in [0.2, 0.25) is 0 Å². The average molecular weight is 257 g/mol. The zero-order chi connectivity index (χ0) is 11.1. The van der Waals surface area contributed by atoms with Crippen LogP contribution in [0.1, 0.15) is 10.4 Å². The molecule has 0 radical (unpaired) electrons. The van der Waals surface area contributed by atoms with Crippen molar-refractivity contribution in [3.8, 4) is 0 Å². The maximum absolute atomic E-state index is 13.3. The lowest BCUT2D eigenvalue weighted by atomic mass is 10.2. The van der Waals surface area contributed by atoms with Crippen LogP contribution in [0.2, 0.25) is 0 Å². The van der Waals surface area contributed by atoms with Crippen LogP contribution in [0, 0.1) is 17.7 Å². The second-order valence-corrected chi connectivity index (χ2v) is 4.47. The van der Waals surface area contributed by atoms with Gasteiger partial charge in [-0.15, -0.1) is 12.4 Å². The molecule has 0 bridgehead atoms. The van der Waals surface area contributed by atoms with E-state index in [1.165, 1.54) is 12.1 Å². The van der Waals surface area contributed by atoms with E-state index < -0.39 is 5.82 Å². The minimum Gasteiger partial charge on any atom is -0.349 e. The second kappa shape index (κ2) is 4.63. The molecule has 1 amide bonds. The third-order valence-electron chi connectivity index (χ3n) is 3.51. The molecule has 3 nitrogen and oxygen atoms in total. The van der Waals surface area contributed by atoms with Gasteiger partial charge in [0.25, 0.3) is 5.91 Å². The van der Waals surface area contributed by atoms with E-state index in [-0.39, 0.29) is 29.9 Å². The number of hydrogen-bond acceptors (Lipinski definition) is 2. The summed E-state index contributed by atoms with van der Waals surface area (Å²) in [5, 5.41) is 6.14. The summed E-state index contributed by atoms with van der Waals surface area (Å²) in [4.78, 5) is 11.8. The van der Waals surface area contributed by atoms with Crippen molar-refractivity contribution in [2.45, 2.75) is 6.04 Å². The molecule has 1 saturated carbocycles. The summed E-state index contributed by atoms with van der Waals surface area (Å²) < 4.78 is 13.3. The molecule has 2 aliphatic rings. The number of amides is 1. The average Bonchev–Trinajstić information content (AvgIpc) is 2.75. The fourth-order valence-electron chi connectivity index (χ4n) is 2.51. The van der Waals surface area contributed by atoms with Crippen LogP contribution in [0.3, 0.4) is 0 Å². The molecule has 1 aliphatic heterocycles. The Balaban J connectivity index is 0.00000108. The van der Waals surface area contributed by atoms with E-state index in [2.05, 4.69) is 10.6 Å². The highest BCUT2D eigenvalue weighted by Gasteiger charge is 2.53. The Hall–Kier alpha value is -1.13. The van der Waals surface area contributed by atoms with Gasteiger partial charge in [-0.1, -0.05) is 12.1 Å². The lowest BCUT2D eigenvalue weighted by Crippen LogP contribution is -2.32. The van der Waals surface area contributed by atoms with Crippen molar-refractivity contribution in [1.29, 1.82) is 0 Å². The molecular formula is C12H14ClFN2O. The van der Waals surface area contributed by atoms with Crippen molar-refractivity contribution in [2.75, 3.05) is 13.1 Å². The summed E-state index contributed by atoms with van der Waals surface area (Å²) in [5.41, 5.74) is 0.139. The maximum Gasteiger partial charge on any atom is 0.254 e. The Bertz CT molecular complexity index is 430. The van der Waals surface area contributed by atoms with E-state index >= 15 is 0 Å². The molecule has 0 aromatic heterocycles. The molecule has 17 heavy (non-hydrogen) atoms. The molecule has 2 unspecified atom stereocenters. The lowest BCUT2D eigenvalue weighted by molar-refractivity contribution is 0.0942. The van der Waals surface area contributed by atoms with Gasteiger partial charge in [-0.25, -0.2) is 4.39 Å².